The van der Waals surface area contributed by atoms with E-state index in [0.29, 0.717) is 27.4 Å². The summed E-state index contributed by atoms with van der Waals surface area (Å²) in [4.78, 5) is 0. The predicted octanol–water partition coefficient (Wildman–Crippen LogP) is 3.51. The van der Waals surface area contributed by atoms with Crippen LogP contribution >= 0.6 is 31.9 Å². The lowest BCUT2D eigenvalue weighted by Gasteiger charge is -2.03. The molecular weight excluding hydrogens is 352 g/mol. The Kier molecular flexibility index (Phi) is 3.43. The van der Waals surface area contributed by atoms with E-state index in [9.17, 15) is 0 Å². The van der Waals surface area contributed by atoms with Crippen LogP contribution in [0.15, 0.2) is 37.5 Å². The normalized spacial score (nSPS) is 11.2. The lowest BCUT2D eigenvalue weighted by Crippen LogP contribution is -1.94. The van der Waals surface area contributed by atoms with Gasteiger partial charge in [-0.25, -0.2) is 0 Å². The highest BCUT2D eigenvalue weighted by Gasteiger charge is 2.06. The quantitative estimate of drug-likeness (QED) is 0.564. The van der Waals surface area contributed by atoms with E-state index in [1.807, 2.05) is 0 Å². The van der Waals surface area contributed by atoms with Crippen molar-refractivity contribution in [3.8, 4) is 0 Å². The number of aromatic amines is 1. The molecule has 5 N–H and O–H groups in total. The average Bonchev–Trinajstić information content (AvgIpc) is 2.71. The first-order valence-corrected chi connectivity index (χ1v) is 6.12. The molecule has 0 aliphatic rings. The van der Waals surface area contributed by atoms with E-state index < -0.39 is 0 Å². The summed E-state index contributed by atoms with van der Waals surface area (Å²) < 4.78 is 1.36. The molecular formula is C9H8Br2N6. The first-order chi connectivity index (χ1) is 8.08. The van der Waals surface area contributed by atoms with Crippen LogP contribution in [0.25, 0.3) is 0 Å². The third kappa shape index (κ3) is 2.64. The minimum atomic E-state index is 0.449. The number of H-pyrrole nitrogens is 1. The van der Waals surface area contributed by atoms with Crippen LogP contribution in [-0.4, -0.2) is 10.2 Å². The maximum atomic E-state index is 5.75. The van der Waals surface area contributed by atoms with Crippen molar-refractivity contribution in [3.05, 3.63) is 27.3 Å². The van der Waals surface area contributed by atoms with Crippen LogP contribution in [-0.2, 0) is 0 Å². The van der Waals surface area contributed by atoms with Gasteiger partial charge in [-0.2, -0.15) is 5.10 Å². The maximum absolute atomic E-state index is 5.75. The van der Waals surface area contributed by atoms with Crippen LogP contribution in [0.3, 0.4) is 0 Å². The molecule has 2 rings (SSSR count). The maximum Gasteiger partial charge on any atom is 0.196 e. The minimum absolute atomic E-state index is 0.449. The molecule has 0 unspecified atom stereocenters. The zero-order chi connectivity index (χ0) is 12.4. The first-order valence-electron chi connectivity index (χ1n) is 4.54. The average molecular weight is 360 g/mol. The second-order valence-electron chi connectivity index (χ2n) is 3.18. The number of benzene rings is 1. The van der Waals surface area contributed by atoms with E-state index in [2.05, 4.69) is 52.3 Å². The molecule has 2 aromatic rings. The Bertz CT molecular complexity index is 577. The summed E-state index contributed by atoms with van der Waals surface area (Å²) in [5, 5.41) is 14.6. The van der Waals surface area contributed by atoms with E-state index in [0.717, 1.165) is 4.60 Å². The summed E-state index contributed by atoms with van der Waals surface area (Å²) in [6.45, 7) is 0. The fourth-order valence-corrected chi connectivity index (χ4v) is 1.85. The van der Waals surface area contributed by atoms with E-state index >= 15 is 0 Å². The number of nitrogen functional groups attached to an aromatic ring is 2. The number of hydrogen-bond donors (Lipinski definition) is 3. The highest BCUT2D eigenvalue weighted by atomic mass is 79.9. The Hall–Kier alpha value is -1.41. The van der Waals surface area contributed by atoms with Crippen molar-refractivity contribution in [1.29, 1.82) is 0 Å². The number of rotatable bonds is 2. The second kappa shape index (κ2) is 4.84. The van der Waals surface area contributed by atoms with Gasteiger partial charge in [-0.1, -0.05) is 0 Å². The van der Waals surface area contributed by atoms with Crippen molar-refractivity contribution in [2.75, 3.05) is 11.5 Å². The Morgan fingerprint density at radius 3 is 2.59 bits per heavy atom. The summed E-state index contributed by atoms with van der Waals surface area (Å²) in [6.07, 6.45) is 0. The molecule has 0 aliphatic carbocycles. The topological polar surface area (TPSA) is 105 Å². The van der Waals surface area contributed by atoms with Gasteiger partial charge in [0, 0.05) is 6.07 Å². The molecule has 0 saturated heterocycles. The molecule has 0 bridgehead atoms. The molecule has 1 aromatic heterocycles. The highest BCUT2D eigenvalue weighted by Crippen LogP contribution is 2.35. The molecule has 1 heterocycles. The van der Waals surface area contributed by atoms with E-state index in [4.69, 9.17) is 11.5 Å². The molecule has 0 amide bonds. The first kappa shape index (κ1) is 12.1. The third-order valence-electron chi connectivity index (χ3n) is 1.99. The standard InChI is InChI=1S/C9H8Br2N6/c10-6-3-7(17-15-6)16-14-5-2-1-4(12)9(13)8(5)11/h1-3H,12-13H2,(H,15,17). The van der Waals surface area contributed by atoms with Gasteiger partial charge in [-0.15, -0.1) is 10.2 Å². The van der Waals surface area contributed by atoms with Gasteiger partial charge in [0.25, 0.3) is 0 Å². The predicted molar refractivity (Wildman–Crippen MR) is 73.4 cm³/mol. The number of anilines is 2. The highest BCUT2D eigenvalue weighted by molar-refractivity contribution is 9.11. The molecule has 0 spiro atoms. The van der Waals surface area contributed by atoms with Crippen molar-refractivity contribution in [2.24, 2.45) is 10.2 Å². The lowest BCUT2D eigenvalue weighted by atomic mass is 10.2. The Balaban J connectivity index is 2.30. The number of azo groups is 1. The van der Waals surface area contributed by atoms with Gasteiger partial charge in [0.05, 0.1) is 15.8 Å². The van der Waals surface area contributed by atoms with Crippen molar-refractivity contribution < 1.29 is 0 Å². The number of nitrogens with one attached hydrogen (secondary N) is 1. The van der Waals surface area contributed by atoms with Crippen molar-refractivity contribution >= 4 is 54.7 Å². The van der Waals surface area contributed by atoms with Crippen LogP contribution in [0.1, 0.15) is 0 Å². The fraction of sp³-hybridized carbons (Fsp3) is 0. The largest absolute Gasteiger partial charge is 0.397 e. The van der Waals surface area contributed by atoms with Gasteiger partial charge in [-0.05, 0) is 44.0 Å². The molecule has 0 fully saturated rings. The van der Waals surface area contributed by atoms with Gasteiger partial charge < -0.3 is 11.5 Å². The number of halogens is 2. The lowest BCUT2D eigenvalue weighted by molar-refractivity contribution is 1.04. The van der Waals surface area contributed by atoms with Crippen LogP contribution in [0.2, 0.25) is 0 Å². The van der Waals surface area contributed by atoms with Crippen molar-refractivity contribution in [3.63, 3.8) is 0 Å². The smallest absolute Gasteiger partial charge is 0.196 e. The Morgan fingerprint density at radius 1 is 1.18 bits per heavy atom. The Labute approximate surface area is 114 Å². The minimum Gasteiger partial charge on any atom is -0.397 e. The molecule has 0 aliphatic heterocycles. The van der Waals surface area contributed by atoms with E-state index in [1.165, 1.54) is 0 Å². The van der Waals surface area contributed by atoms with Gasteiger partial charge in [0.2, 0.25) is 0 Å². The van der Waals surface area contributed by atoms with Gasteiger partial charge in [-0.3, -0.25) is 5.10 Å². The summed E-state index contributed by atoms with van der Waals surface area (Å²) in [6, 6.07) is 5.11. The summed E-state index contributed by atoms with van der Waals surface area (Å²) in [5.74, 6) is 0.471. The summed E-state index contributed by atoms with van der Waals surface area (Å²) in [7, 11) is 0. The van der Waals surface area contributed by atoms with Gasteiger partial charge in [0.15, 0.2) is 5.82 Å². The van der Waals surface area contributed by atoms with Crippen LogP contribution < -0.4 is 11.5 Å². The third-order valence-corrected chi connectivity index (χ3v) is 3.23. The molecule has 0 radical (unpaired) electrons. The number of aromatic nitrogens is 2. The van der Waals surface area contributed by atoms with Crippen LogP contribution in [0.4, 0.5) is 22.9 Å². The fourth-order valence-electron chi connectivity index (χ4n) is 1.12. The monoisotopic (exact) mass is 358 g/mol. The molecule has 88 valence electrons. The van der Waals surface area contributed by atoms with Crippen molar-refractivity contribution in [2.45, 2.75) is 0 Å². The second-order valence-corrected chi connectivity index (χ2v) is 4.82. The number of nitrogens with zero attached hydrogens (tertiary/aromatic N) is 3. The van der Waals surface area contributed by atoms with E-state index in [-0.39, 0.29) is 0 Å². The number of nitrogens with two attached hydrogens (primary N) is 2. The van der Waals surface area contributed by atoms with Crippen LogP contribution in [0.5, 0.6) is 0 Å². The molecule has 0 atom stereocenters. The van der Waals surface area contributed by atoms with Gasteiger partial charge in [0.1, 0.15) is 10.3 Å². The number of hydrogen-bond acceptors (Lipinski definition) is 5. The molecule has 0 saturated carbocycles. The van der Waals surface area contributed by atoms with Gasteiger partial charge >= 0.3 is 0 Å². The van der Waals surface area contributed by atoms with Crippen molar-refractivity contribution in [1.82, 2.24) is 10.2 Å². The summed E-state index contributed by atoms with van der Waals surface area (Å²) >= 11 is 6.54. The molecule has 17 heavy (non-hydrogen) atoms. The Morgan fingerprint density at radius 2 is 1.94 bits per heavy atom. The van der Waals surface area contributed by atoms with E-state index in [1.54, 1.807) is 18.2 Å². The molecule has 8 heteroatoms. The van der Waals surface area contributed by atoms with Crippen LogP contribution in [0, 0.1) is 0 Å². The SMILES string of the molecule is Nc1ccc(N=Nc2cc(Br)[nH]n2)c(Br)c1N. The summed E-state index contributed by atoms with van der Waals surface area (Å²) in [5.41, 5.74) is 12.9. The zero-order valence-corrected chi connectivity index (χ0v) is 11.7. The molecule has 1 aromatic carbocycles. The molecule has 6 nitrogen and oxygen atoms in total. The zero-order valence-electron chi connectivity index (χ0n) is 8.48.